The standard InChI is InChI=1S/C26H31N7O3S/c1-15(2)22(27)25(34)29-17-8-7-9-18(14-17)30-26-32-20-12-13-28-23(20)24(33-26)31-19-10-5-6-11-21(19)37(35,36)16(3)4/h5-16,22,28H,27H2,1-4H3,(H,29,34)(H2,30,31,32,33). The largest absolute Gasteiger partial charge is 0.357 e. The molecular formula is C26H31N7O3S. The van der Waals surface area contributed by atoms with Gasteiger partial charge in [-0.3, -0.25) is 4.79 Å². The third kappa shape index (κ3) is 5.73. The van der Waals surface area contributed by atoms with Crippen LogP contribution in [-0.2, 0) is 14.6 Å². The van der Waals surface area contributed by atoms with Gasteiger partial charge in [0.05, 0.1) is 27.4 Å². The van der Waals surface area contributed by atoms with Gasteiger partial charge in [-0.2, -0.15) is 4.98 Å². The second kappa shape index (κ2) is 10.6. The predicted molar refractivity (Wildman–Crippen MR) is 147 cm³/mol. The van der Waals surface area contributed by atoms with Crippen molar-refractivity contribution in [2.75, 3.05) is 16.0 Å². The Labute approximate surface area is 216 Å². The van der Waals surface area contributed by atoms with Crippen molar-refractivity contribution in [3.05, 3.63) is 60.8 Å². The van der Waals surface area contributed by atoms with Gasteiger partial charge in [-0.15, -0.1) is 0 Å². The zero-order valence-corrected chi connectivity index (χ0v) is 21.9. The Morgan fingerprint density at radius 1 is 0.946 bits per heavy atom. The average Bonchev–Trinajstić information content (AvgIpc) is 3.33. The van der Waals surface area contributed by atoms with Gasteiger partial charge in [0.1, 0.15) is 5.52 Å². The third-order valence-corrected chi connectivity index (χ3v) is 8.09. The van der Waals surface area contributed by atoms with E-state index in [1.54, 1.807) is 68.6 Å². The van der Waals surface area contributed by atoms with Gasteiger partial charge in [-0.05, 0) is 56.2 Å². The maximum atomic E-state index is 12.9. The minimum Gasteiger partial charge on any atom is -0.357 e. The van der Waals surface area contributed by atoms with Gasteiger partial charge >= 0.3 is 0 Å². The lowest BCUT2D eigenvalue weighted by atomic mass is 10.0. The summed E-state index contributed by atoms with van der Waals surface area (Å²) in [4.78, 5) is 24.8. The summed E-state index contributed by atoms with van der Waals surface area (Å²) in [5.74, 6) is 0.449. The molecule has 37 heavy (non-hydrogen) atoms. The number of amides is 1. The molecule has 0 radical (unpaired) electrons. The normalized spacial score (nSPS) is 12.6. The fourth-order valence-corrected chi connectivity index (χ4v) is 4.82. The van der Waals surface area contributed by atoms with Crippen molar-refractivity contribution in [3.63, 3.8) is 0 Å². The zero-order chi connectivity index (χ0) is 26.7. The molecule has 10 nitrogen and oxygen atoms in total. The maximum absolute atomic E-state index is 12.9. The molecule has 0 aliphatic rings. The number of benzene rings is 2. The summed E-state index contributed by atoms with van der Waals surface area (Å²) in [6.45, 7) is 7.07. The van der Waals surface area contributed by atoms with Gasteiger partial charge in [0.25, 0.3) is 0 Å². The third-order valence-electron chi connectivity index (χ3n) is 5.88. The molecule has 0 bridgehead atoms. The Morgan fingerprint density at radius 3 is 2.41 bits per heavy atom. The number of anilines is 5. The highest BCUT2D eigenvalue weighted by Crippen LogP contribution is 2.30. The highest BCUT2D eigenvalue weighted by atomic mass is 32.2. The molecule has 194 valence electrons. The lowest BCUT2D eigenvalue weighted by Gasteiger charge is -2.16. The quantitative estimate of drug-likeness (QED) is 0.215. The minimum atomic E-state index is -3.53. The SMILES string of the molecule is CC(C)C(N)C(=O)Nc1cccc(Nc2nc(Nc3ccccc3S(=O)(=O)C(C)C)c3[nH]ccc3n2)c1. The van der Waals surface area contributed by atoms with E-state index < -0.39 is 21.1 Å². The number of para-hydroxylation sites is 1. The first-order chi connectivity index (χ1) is 17.6. The Bertz CT molecular complexity index is 1530. The second-order valence-electron chi connectivity index (χ2n) is 9.31. The highest BCUT2D eigenvalue weighted by Gasteiger charge is 2.23. The Hall–Kier alpha value is -3.96. The Kier molecular flexibility index (Phi) is 7.46. The molecule has 0 aliphatic heterocycles. The predicted octanol–water partition coefficient (Wildman–Crippen LogP) is 4.55. The number of carbonyl (C=O) groups is 1. The molecule has 4 rings (SSSR count). The number of aromatic nitrogens is 3. The van der Waals surface area contributed by atoms with E-state index in [0.717, 1.165) is 0 Å². The summed E-state index contributed by atoms with van der Waals surface area (Å²) < 4.78 is 25.8. The van der Waals surface area contributed by atoms with E-state index >= 15 is 0 Å². The van der Waals surface area contributed by atoms with Crippen LogP contribution < -0.4 is 21.7 Å². The van der Waals surface area contributed by atoms with Crippen LogP contribution >= 0.6 is 0 Å². The Morgan fingerprint density at radius 2 is 1.68 bits per heavy atom. The number of nitrogens with zero attached hydrogens (tertiary/aromatic N) is 2. The maximum Gasteiger partial charge on any atom is 0.241 e. The number of fused-ring (bicyclic) bond motifs is 1. The number of sulfone groups is 1. The van der Waals surface area contributed by atoms with Gasteiger partial charge in [-0.25, -0.2) is 13.4 Å². The molecule has 1 unspecified atom stereocenters. The van der Waals surface area contributed by atoms with E-state index in [0.29, 0.717) is 39.9 Å². The van der Waals surface area contributed by atoms with E-state index in [1.165, 1.54) is 0 Å². The molecule has 11 heteroatoms. The molecule has 0 saturated carbocycles. The van der Waals surface area contributed by atoms with Crippen molar-refractivity contribution in [1.82, 2.24) is 15.0 Å². The van der Waals surface area contributed by atoms with Crippen molar-refractivity contribution in [2.24, 2.45) is 11.7 Å². The highest BCUT2D eigenvalue weighted by molar-refractivity contribution is 7.92. The van der Waals surface area contributed by atoms with Gasteiger partial charge in [0.2, 0.25) is 11.9 Å². The van der Waals surface area contributed by atoms with Crippen LogP contribution in [0.3, 0.4) is 0 Å². The van der Waals surface area contributed by atoms with E-state index in [2.05, 4.69) is 30.9 Å². The molecule has 0 saturated heterocycles. The van der Waals surface area contributed by atoms with Crippen LogP contribution in [0.15, 0.2) is 65.7 Å². The number of nitrogens with two attached hydrogens (primary N) is 1. The molecule has 1 amide bonds. The number of nitrogens with one attached hydrogen (secondary N) is 4. The van der Waals surface area contributed by atoms with Gasteiger partial charge in [0.15, 0.2) is 15.7 Å². The second-order valence-corrected chi connectivity index (χ2v) is 11.8. The monoisotopic (exact) mass is 521 g/mol. The van der Waals surface area contributed by atoms with E-state index in [4.69, 9.17) is 5.73 Å². The van der Waals surface area contributed by atoms with E-state index in [-0.39, 0.29) is 16.7 Å². The van der Waals surface area contributed by atoms with Crippen LogP contribution in [0.4, 0.5) is 28.8 Å². The molecule has 2 aromatic heterocycles. The van der Waals surface area contributed by atoms with Crippen molar-refractivity contribution in [1.29, 1.82) is 0 Å². The van der Waals surface area contributed by atoms with Crippen LogP contribution in [0.5, 0.6) is 0 Å². The molecule has 2 heterocycles. The molecule has 0 fully saturated rings. The lowest BCUT2D eigenvalue weighted by molar-refractivity contribution is -0.118. The molecule has 0 spiro atoms. The molecule has 4 aromatic rings. The molecule has 0 aliphatic carbocycles. The number of rotatable bonds is 9. The van der Waals surface area contributed by atoms with Crippen LogP contribution in [0.2, 0.25) is 0 Å². The summed E-state index contributed by atoms with van der Waals surface area (Å²) >= 11 is 0. The van der Waals surface area contributed by atoms with E-state index in [1.807, 2.05) is 19.9 Å². The fourth-order valence-electron chi connectivity index (χ4n) is 3.62. The van der Waals surface area contributed by atoms with Gasteiger partial charge in [0, 0.05) is 17.6 Å². The Balaban J connectivity index is 1.64. The lowest BCUT2D eigenvalue weighted by Crippen LogP contribution is -2.39. The molecule has 6 N–H and O–H groups in total. The first-order valence-corrected chi connectivity index (χ1v) is 13.5. The van der Waals surface area contributed by atoms with Gasteiger partial charge < -0.3 is 26.7 Å². The first-order valence-electron chi connectivity index (χ1n) is 11.9. The summed E-state index contributed by atoms with van der Waals surface area (Å²) in [5, 5.41) is 8.59. The summed E-state index contributed by atoms with van der Waals surface area (Å²) in [7, 11) is -3.53. The first kappa shape index (κ1) is 26.1. The summed E-state index contributed by atoms with van der Waals surface area (Å²) in [6.07, 6.45) is 1.74. The minimum absolute atomic E-state index is 0.00867. The smallest absolute Gasteiger partial charge is 0.241 e. The number of hydrogen-bond donors (Lipinski definition) is 5. The van der Waals surface area contributed by atoms with Crippen molar-refractivity contribution < 1.29 is 13.2 Å². The summed E-state index contributed by atoms with van der Waals surface area (Å²) in [6, 6.07) is 15.1. The number of carbonyl (C=O) groups excluding carboxylic acids is 1. The fraction of sp³-hybridized carbons (Fsp3) is 0.269. The van der Waals surface area contributed by atoms with Crippen LogP contribution in [0, 0.1) is 5.92 Å². The van der Waals surface area contributed by atoms with Crippen LogP contribution in [-0.4, -0.2) is 40.6 Å². The topological polar surface area (TPSA) is 155 Å². The molecule has 1 atom stereocenters. The average molecular weight is 522 g/mol. The number of H-pyrrole nitrogens is 1. The van der Waals surface area contributed by atoms with Crippen molar-refractivity contribution in [2.45, 2.75) is 43.9 Å². The van der Waals surface area contributed by atoms with Crippen LogP contribution in [0.1, 0.15) is 27.7 Å². The van der Waals surface area contributed by atoms with Gasteiger partial charge in [-0.1, -0.05) is 32.0 Å². The summed E-state index contributed by atoms with van der Waals surface area (Å²) in [5.41, 5.74) is 8.87. The van der Waals surface area contributed by atoms with E-state index in [9.17, 15) is 13.2 Å². The molecular weight excluding hydrogens is 490 g/mol. The van der Waals surface area contributed by atoms with Crippen LogP contribution in [0.25, 0.3) is 11.0 Å². The molecule has 2 aromatic carbocycles. The van der Waals surface area contributed by atoms with Crippen molar-refractivity contribution >= 4 is 55.6 Å². The number of aromatic amines is 1. The zero-order valence-electron chi connectivity index (χ0n) is 21.1. The van der Waals surface area contributed by atoms with Crippen molar-refractivity contribution in [3.8, 4) is 0 Å². The number of hydrogen-bond acceptors (Lipinski definition) is 8.